The van der Waals surface area contributed by atoms with E-state index >= 15 is 0 Å². The van der Waals surface area contributed by atoms with Gasteiger partial charge in [0.1, 0.15) is 5.50 Å². The van der Waals surface area contributed by atoms with Gasteiger partial charge >= 0.3 is 6.03 Å². The van der Waals surface area contributed by atoms with Crippen LogP contribution >= 0.6 is 23.2 Å². The highest BCUT2D eigenvalue weighted by atomic mass is 35.5. The SMILES string of the molecule is CCNC(=O)N1CCCN(c2ccc(C(=O)NC(Cl)Cc3ccc(Cl)cc3)cc2NC(=O)c2cccc(C#N)c2)CC1. The molecule has 0 spiro atoms. The Morgan fingerprint density at radius 2 is 1.71 bits per heavy atom. The molecular weight excluding hydrogens is 575 g/mol. The van der Waals surface area contributed by atoms with Gasteiger partial charge in [-0.25, -0.2) is 4.79 Å². The average Bonchev–Trinajstić information content (AvgIpc) is 3.25. The Bertz CT molecular complexity index is 1470. The number of hydrogen-bond donors (Lipinski definition) is 3. The topological polar surface area (TPSA) is 118 Å². The number of hydrogen-bond acceptors (Lipinski definition) is 5. The van der Waals surface area contributed by atoms with E-state index in [2.05, 4.69) is 20.9 Å². The molecule has 42 heavy (non-hydrogen) atoms. The lowest BCUT2D eigenvalue weighted by Gasteiger charge is -2.26. The summed E-state index contributed by atoms with van der Waals surface area (Å²) in [5, 5.41) is 18.5. The highest BCUT2D eigenvalue weighted by Crippen LogP contribution is 2.29. The van der Waals surface area contributed by atoms with Gasteiger partial charge in [-0.3, -0.25) is 9.59 Å². The van der Waals surface area contributed by atoms with Crippen LogP contribution in [-0.4, -0.2) is 61.0 Å². The van der Waals surface area contributed by atoms with Crippen LogP contribution in [0, 0.1) is 11.3 Å². The summed E-state index contributed by atoms with van der Waals surface area (Å²) < 4.78 is 0. The van der Waals surface area contributed by atoms with Crippen LogP contribution < -0.4 is 20.9 Å². The Balaban J connectivity index is 1.56. The average molecular weight is 608 g/mol. The summed E-state index contributed by atoms with van der Waals surface area (Å²) in [6.45, 7) is 4.74. The minimum absolute atomic E-state index is 0.105. The van der Waals surface area contributed by atoms with Crippen LogP contribution in [0.25, 0.3) is 0 Å². The molecule has 3 N–H and O–H groups in total. The highest BCUT2D eigenvalue weighted by molar-refractivity contribution is 6.30. The number of alkyl halides is 1. The molecule has 1 saturated heterocycles. The first-order chi connectivity index (χ1) is 20.3. The minimum Gasteiger partial charge on any atom is -0.368 e. The van der Waals surface area contributed by atoms with E-state index in [-0.39, 0.29) is 6.03 Å². The van der Waals surface area contributed by atoms with Crippen LogP contribution in [0.5, 0.6) is 0 Å². The smallest absolute Gasteiger partial charge is 0.317 e. The zero-order valence-electron chi connectivity index (χ0n) is 23.2. The van der Waals surface area contributed by atoms with Crippen molar-refractivity contribution in [2.24, 2.45) is 0 Å². The van der Waals surface area contributed by atoms with Gasteiger partial charge in [-0.15, -0.1) is 0 Å². The van der Waals surface area contributed by atoms with Gasteiger partial charge < -0.3 is 25.8 Å². The standard InChI is InChI=1S/C31H32Cl2N6O3/c1-2-35-31(42)39-14-4-13-38(15-16-39)27-12-9-24(30(41)37-28(33)18-21-7-10-25(32)11-8-21)19-26(27)36-29(40)23-6-3-5-22(17-23)20-34/h3,5-12,17,19,28H,2,4,13-16,18H2,1H3,(H,35,42)(H,36,40)(H,37,41). The molecule has 11 heteroatoms. The molecule has 4 amide bonds. The predicted molar refractivity (Wildman–Crippen MR) is 165 cm³/mol. The number of nitriles is 1. The molecule has 1 atom stereocenters. The molecule has 1 aliphatic heterocycles. The van der Waals surface area contributed by atoms with Crippen LogP contribution in [0.1, 0.15) is 45.2 Å². The van der Waals surface area contributed by atoms with Gasteiger partial charge in [-0.05, 0) is 67.4 Å². The number of halogens is 2. The number of benzene rings is 3. The van der Waals surface area contributed by atoms with Crippen LogP contribution in [0.15, 0.2) is 66.7 Å². The molecular formula is C31H32Cl2N6O3. The monoisotopic (exact) mass is 606 g/mol. The second-order valence-electron chi connectivity index (χ2n) is 9.81. The van der Waals surface area contributed by atoms with E-state index in [1.165, 1.54) is 6.07 Å². The summed E-state index contributed by atoms with van der Waals surface area (Å²) in [7, 11) is 0. The molecule has 1 heterocycles. The van der Waals surface area contributed by atoms with Gasteiger partial charge in [0.2, 0.25) is 0 Å². The van der Waals surface area contributed by atoms with Gasteiger partial charge in [-0.1, -0.05) is 41.4 Å². The van der Waals surface area contributed by atoms with Crippen molar-refractivity contribution in [3.05, 3.63) is 94.0 Å². The summed E-state index contributed by atoms with van der Waals surface area (Å²) in [5.74, 6) is -0.807. The van der Waals surface area contributed by atoms with Gasteiger partial charge in [0, 0.05) is 55.3 Å². The fraction of sp³-hybridized carbons (Fsp3) is 0.290. The zero-order valence-corrected chi connectivity index (χ0v) is 24.7. The second-order valence-corrected chi connectivity index (χ2v) is 10.8. The maximum absolute atomic E-state index is 13.3. The molecule has 0 aromatic heterocycles. The third-order valence-corrected chi connectivity index (χ3v) is 7.34. The molecule has 0 saturated carbocycles. The normalized spacial score (nSPS) is 13.9. The quantitative estimate of drug-likeness (QED) is 0.239. The Labute approximate surface area is 255 Å². The zero-order chi connectivity index (χ0) is 30.1. The van der Waals surface area contributed by atoms with Crippen molar-refractivity contribution < 1.29 is 14.4 Å². The lowest BCUT2D eigenvalue weighted by atomic mass is 10.1. The molecule has 4 rings (SSSR count). The van der Waals surface area contributed by atoms with Crippen molar-refractivity contribution in [1.82, 2.24) is 15.5 Å². The van der Waals surface area contributed by atoms with E-state index in [1.54, 1.807) is 53.4 Å². The molecule has 9 nitrogen and oxygen atoms in total. The third-order valence-electron chi connectivity index (χ3n) is 6.83. The first kappa shape index (κ1) is 30.7. The number of nitrogens with zero attached hydrogens (tertiary/aromatic N) is 3. The largest absolute Gasteiger partial charge is 0.368 e. The Kier molecular flexibility index (Phi) is 10.7. The molecule has 0 bridgehead atoms. The number of carbonyl (C=O) groups is 3. The van der Waals surface area contributed by atoms with Gasteiger partial charge in [0.05, 0.1) is 23.0 Å². The van der Waals surface area contributed by atoms with Crippen molar-refractivity contribution >= 4 is 52.4 Å². The van der Waals surface area contributed by atoms with E-state index in [4.69, 9.17) is 23.2 Å². The van der Waals surface area contributed by atoms with Crippen LogP contribution in [0.4, 0.5) is 16.2 Å². The molecule has 218 valence electrons. The van der Waals surface area contributed by atoms with E-state index in [9.17, 15) is 19.6 Å². The van der Waals surface area contributed by atoms with Crippen LogP contribution in [0.3, 0.4) is 0 Å². The number of anilines is 2. The summed E-state index contributed by atoms with van der Waals surface area (Å²) in [5.41, 5.74) is 2.41. The first-order valence-electron chi connectivity index (χ1n) is 13.7. The second kappa shape index (κ2) is 14.6. The van der Waals surface area contributed by atoms with E-state index in [1.807, 2.05) is 25.1 Å². The molecule has 3 aromatic rings. The van der Waals surface area contributed by atoms with Crippen molar-refractivity contribution in [3.63, 3.8) is 0 Å². The first-order valence-corrected chi connectivity index (χ1v) is 14.5. The fourth-order valence-corrected chi connectivity index (χ4v) is 5.11. The Hall–Kier alpha value is -4.26. The Morgan fingerprint density at radius 1 is 0.952 bits per heavy atom. The summed E-state index contributed by atoms with van der Waals surface area (Å²) in [6, 6.07) is 20.7. The minimum atomic E-state index is -0.670. The van der Waals surface area contributed by atoms with Crippen LogP contribution in [0.2, 0.25) is 5.02 Å². The van der Waals surface area contributed by atoms with Gasteiger partial charge in [0.25, 0.3) is 11.8 Å². The number of nitrogens with one attached hydrogen (secondary N) is 3. The molecule has 1 aliphatic rings. The van der Waals surface area contributed by atoms with Crippen molar-refractivity contribution in [2.75, 3.05) is 42.9 Å². The van der Waals surface area contributed by atoms with E-state index in [0.29, 0.717) is 66.5 Å². The predicted octanol–water partition coefficient (Wildman–Crippen LogP) is 5.24. The lowest BCUT2D eigenvalue weighted by Crippen LogP contribution is -2.42. The van der Waals surface area contributed by atoms with E-state index < -0.39 is 17.3 Å². The molecule has 1 unspecified atom stereocenters. The van der Waals surface area contributed by atoms with Crippen molar-refractivity contribution in [3.8, 4) is 6.07 Å². The summed E-state index contributed by atoms with van der Waals surface area (Å²) in [6.07, 6.45) is 1.13. The number of rotatable bonds is 8. The molecule has 0 aliphatic carbocycles. The molecule has 3 aromatic carbocycles. The van der Waals surface area contributed by atoms with Crippen molar-refractivity contribution in [2.45, 2.75) is 25.3 Å². The number of carbonyl (C=O) groups excluding carboxylic acids is 3. The summed E-state index contributed by atoms with van der Waals surface area (Å²) >= 11 is 12.4. The van der Waals surface area contributed by atoms with Gasteiger partial charge in [-0.2, -0.15) is 5.26 Å². The fourth-order valence-electron chi connectivity index (χ4n) is 4.71. The molecule has 1 fully saturated rings. The highest BCUT2D eigenvalue weighted by Gasteiger charge is 2.23. The maximum atomic E-state index is 13.3. The Morgan fingerprint density at radius 3 is 2.45 bits per heavy atom. The number of amides is 4. The maximum Gasteiger partial charge on any atom is 0.317 e. The number of urea groups is 1. The third kappa shape index (κ3) is 8.15. The van der Waals surface area contributed by atoms with E-state index in [0.717, 1.165) is 17.7 Å². The van der Waals surface area contributed by atoms with Crippen LogP contribution in [-0.2, 0) is 6.42 Å². The summed E-state index contributed by atoms with van der Waals surface area (Å²) in [4.78, 5) is 42.7. The lowest BCUT2D eigenvalue weighted by molar-refractivity contribution is 0.0947. The van der Waals surface area contributed by atoms with Gasteiger partial charge in [0.15, 0.2) is 0 Å². The molecule has 0 radical (unpaired) electrons. The van der Waals surface area contributed by atoms with Crippen molar-refractivity contribution in [1.29, 1.82) is 5.26 Å².